The molecule has 0 radical (unpaired) electrons. The van der Waals surface area contributed by atoms with E-state index in [0.29, 0.717) is 5.92 Å². The van der Waals surface area contributed by atoms with E-state index in [-0.39, 0.29) is 0 Å². The molecule has 2 nitrogen and oxygen atoms in total. The van der Waals surface area contributed by atoms with Crippen molar-refractivity contribution in [3.05, 3.63) is 23.4 Å². The van der Waals surface area contributed by atoms with Gasteiger partial charge in [-0.05, 0) is 18.4 Å². The summed E-state index contributed by atoms with van der Waals surface area (Å²) < 4.78 is 0. The fourth-order valence-corrected chi connectivity index (χ4v) is 1.71. The van der Waals surface area contributed by atoms with Gasteiger partial charge in [-0.1, -0.05) is 26.3 Å². The average molecular weight is 178 g/mol. The standard InChI is InChI=1S/C11H18N2/c1-5-9(8(2)3)10-6-7-13-11(10)12-4/h6-8H,5H2,1-4H3,(H,12,13)/b10-9+. The van der Waals surface area contributed by atoms with Gasteiger partial charge in [0.2, 0.25) is 0 Å². The highest BCUT2D eigenvalue weighted by Gasteiger charge is 2.14. The number of nitrogens with zero attached hydrogens (tertiary/aromatic N) is 1. The molecule has 1 aliphatic rings. The second-order valence-electron chi connectivity index (χ2n) is 3.50. The number of allylic oxidation sites excluding steroid dienone is 1. The number of aliphatic imine (C=N–C) groups is 1. The summed E-state index contributed by atoms with van der Waals surface area (Å²) >= 11 is 0. The van der Waals surface area contributed by atoms with Crippen LogP contribution in [0.15, 0.2) is 28.4 Å². The molecule has 0 atom stereocenters. The first-order valence-electron chi connectivity index (χ1n) is 4.84. The van der Waals surface area contributed by atoms with Crippen molar-refractivity contribution in [1.29, 1.82) is 0 Å². The number of rotatable bonds is 2. The second kappa shape index (κ2) is 4.26. The fraction of sp³-hybridized carbons (Fsp3) is 0.545. The Morgan fingerprint density at radius 1 is 1.54 bits per heavy atom. The zero-order chi connectivity index (χ0) is 9.84. The van der Waals surface area contributed by atoms with Crippen LogP contribution in [0.3, 0.4) is 0 Å². The summed E-state index contributed by atoms with van der Waals surface area (Å²) in [7, 11) is 1.82. The van der Waals surface area contributed by atoms with Gasteiger partial charge in [0.05, 0.1) is 0 Å². The van der Waals surface area contributed by atoms with Gasteiger partial charge in [0.1, 0.15) is 5.84 Å². The Hall–Kier alpha value is -1.05. The summed E-state index contributed by atoms with van der Waals surface area (Å²) in [6.07, 6.45) is 5.16. The van der Waals surface area contributed by atoms with Gasteiger partial charge >= 0.3 is 0 Å². The third-order valence-corrected chi connectivity index (χ3v) is 2.37. The smallest absolute Gasteiger partial charge is 0.132 e. The summed E-state index contributed by atoms with van der Waals surface area (Å²) in [6, 6.07) is 0. The lowest BCUT2D eigenvalue weighted by Crippen LogP contribution is -2.15. The van der Waals surface area contributed by atoms with Gasteiger partial charge in [-0.25, -0.2) is 0 Å². The molecule has 0 spiro atoms. The summed E-state index contributed by atoms with van der Waals surface area (Å²) in [5.74, 6) is 1.60. The van der Waals surface area contributed by atoms with Gasteiger partial charge in [-0.2, -0.15) is 0 Å². The molecule has 2 heteroatoms. The summed E-state index contributed by atoms with van der Waals surface area (Å²) in [4.78, 5) is 4.21. The van der Waals surface area contributed by atoms with Crippen molar-refractivity contribution in [3.63, 3.8) is 0 Å². The minimum atomic E-state index is 0.598. The van der Waals surface area contributed by atoms with Crippen molar-refractivity contribution in [3.8, 4) is 0 Å². The third-order valence-electron chi connectivity index (χ3n) is 2.37. The topological polar surface area (TPSA) is 24.4 Å². The van der Waals surface area contributed by atoms with Gasteiger partial charge in [0.15, 0.2) is 0 Å². The van der Waals surface area contributed by atoms with E-state index in [9.17, 15) is 0 Å². The molecule has 0 saturated heterocycles. The Morgan fingerprint density at radius 3 is 2.69 bits per heavy atom. The molecular weight excluding hydrogens is 160 g/mol. The number of hydrogen-bond acceptors (Lipinski definition) is 1. The number of hydrogen-bond donors (Lipinski definition) is 1. The molecule has 0 aromatic heterocycles. The minimum absolute atomic E-state index is 0.598. The maximum absolute atomic E-state index is 4.21. The normalized spacial score (nSPS) is 22.7. The van der Waals surface area contributed by atoms with Crippen LogP contribution < -0.4 is 5.32 Å². The van der Waals surface area contributed by atoms with Gasteiger partial charge in [-0.15, -0.1) is 0 Å². The maximum atomic E-state index is 4.21. The summed E-state index contributed by atoms with van der Waals surface area (Å²) in [6.45, 7) is 6.65. The van der Waals surface area contributed by atoms with Crippen LogP contribution in [0.2, 0.25) is 0 Å². The van der Waals surface area contributed by atoms with Crippen LogP contribution in [0, 0.1) is 5.92 Å². The van der Waals surface area contributed by atoms with Gasteiger partial charge < -0.3 is 5.32 Å². The molecule has 0 unspecified atom stereocenters. The molecule has 0 saturated carbocycles. The minimum Gasteiger partial charge on any atom is -0.346 e. The average Bonchev–Trinajstić information content (AvgIpc) is 2.53. The Balaban J connectivity index is 3.06. The highest BCUT2D eigenvalue weighted by molar-refractivity contribution is 6.04. The van der Waals surface area contributed by atoms with E-state index in [1.165, 1.54) is 11.1 Å². The molecule has 1 aliphatic heterocycles. The van der Waals surface area contributed by atoms with E-state index in [1.807, 2.05) is 13.2 Å². The molecule has 0 amide bonds. The fourth-order valence-electron chi connectivity index (χ4n) is 1.71. The first-order chi connectivity index (χ1) is 6.20. The number of amidine groups is 1. The summed E-state index contributed by atoms with van der Waals surface area (Å²) in [5.41, 5.74) is 2.75. The van der Waals surface area contributed by atoms with E-state index in [0.717, 1.165) is 12.3 Å². The van der Waals surface area contributed by atoms with Crippen LogP contribution in [0.1, 0.15) is 27.2 Å². The quantitative estimate of drug-likeness (QED) is 0.690. The number of nitrogens with one attached hydrogen (secondary N) is 1. The van der Waals surface area contributed by atoms with Crippen molar-refractivity contribution in [2.45, 2.75) is 27.2 Å². The van der Waals surface area contributed by atoms with E-state index in [4.69, 9.17) is 0 Å². The Kier molecular flexibility index (Phi) is 3.29. The highest BCUT2D eigenvalue weighted by Crippen LogP contribution is 2.21. The molecule has 1 heterocycles. The molecule has 0 bridgehead atoms. The molecule has 0 fully saturated rings. The van der Waals surface area contributed by atoms with E-state index >= 15 is 0 Å². The van der Waals surface area contributed by atoms with Crippen molar-refractivity contribution in [2.75, 3.05) is 7.05 Å². The van der Waals surface area contributed by atoms with E-state index < -0.39 is 0 Å². The Bertz CT molecular complexity index is 270. The molecule has 0 aliphatic carbocycles. The van der Waals surface area contributed by atoms with Crippen LogP contribution in [0.5, 0.6) is 0 Å². The highest BCUT2D eigenvalue weighted by atomic mass is 15.0. The van der Waals surface area contributed by atoms with E-state index in [2.05, 4.69) is 37.2 Å². The third kappa shape index (κ3) is 2.00. The van der Waals surface area contributed by atoms with Crippen LogP contribution in [0.25, 0.3) is 0 Å². The lowest BCUT2D eigenvalue weighted by Gasteiger charge is -2.12. The van der Waals surface area contributed by atoms with Crippen LogP contribution in [0.4, 0.5) is 0 Å². The molecular formula is C11H18N2. The van der Waals surface area contributed by atoms with Crippen molar-refractivity contribution >= 4 is 5.84 Å². The van der Waals surface area contributed by atoms with Gasteiger partial charge in [-0.3, -0.25) is 4.99 Å². The van der Waals surface area contributed by atoms with Crippen molar-refractivity contribution in [1.82, 2.24) is 5.32 Å². The van der Waals surface area contributed by atoms with E-state index in [1.54, 1.807) is 0 Å². The van der Waals surface area contributed by atoms with Crippen LogP contribution in [-0.2, 0) is 0 Å². The molecule has 13 heavy (non-hydrogen) atoms. The van der Waals surface area contributed by atoms with Crippen molar-refractivity contribution in [2.24, 2.45) is 10.9 Å². The lowest BCUT2D eigenvalue weighted by atomic mass is 9.95. The zero-order valence-corrected chi connectivity index (χ0v) is 8.89. The first kappa shape index (κ1) is 10.0. The van der Waals surface area contributed by atoms with Gasteiger partial charge in [0, 0.05) is 18.8 Å². The SMILES string of the molecule is CC/C(=C1/C=CNC1=NC)C(C)C. The first-order valence-corrected chi connectivity index (χ1v) is 4.84. The molecule has 1 rings (SSSR count). The monoisotopic (exact) mass is 178 g/mol. The maximum Gasteiger partial charge on any atom is 0.132 e. The molecule has 1 N–H and O–H groups in total. The Morgan fingerprint density at radius 2 is 2.23 bits per heavy atom. The Labute approximate surface area is 80.4 Å². The van der Waals surface area contributed by atoms with Crippen LogP contribution >= 0.6 is 0 Å². The lowest BCUT2D eigenvalue weighted by molar-refractivity contribution is 0.728. The second-order valence-corrected chi connectivity index (χ2v) is 3.50. The molecule has 72 valence electrons. The van der Waals surface area contributed by atoms with Gasteiger partial charge in [0.25, 0.3) is 0 Å². The van der Waals surface area contributed by atoms with Crippen molar-refractivity contribution < 1.29 is 0 Å². The molecule has 0 aromatic carbocycles. The van der Waals surface area contributed by atoms with Crippen LogP contribution in [-0.4, -0.2) is 12.9 Å². The largest absolute Gasteiger partial charge is 0.346 e. The molecule has 0 aromatic rings. The predicted molar refractivity (Wildman–Crippen MR) is 57.8 cm³/mol. The zero-order valence-electron chi connectivity index (χ0n) is 8.89. The summed E-state index contributed by atoms with van der Waals surface area (Å²) in [5, 5.41) is 3.14. The predicted octanol–water partition coefficient (Wildman–Crippen LogP) is 2.49.